The van der Waals surface area contributed by atoms with E-state index in [0.29, 0.717) is 16.0 Å². The third-order valence-corrected chi connectivity index (χ3v) is 6.34. The highest BCUT2D eigenvalue weighted by Gasteiger charge is 2.29. The van der Waals surface area contributed by atoms with Crippen LogP contribution in [0.15, 0.2) is 29.3 Å². The van der Waals surface area contributed by atoms with Crippen molar-refractivity contribution in [3.63, 3.8) is 0 Å². The Hall–Kier alpha value is -1.18. The lowest BCUT2D eigenvalue weighted by Gasteiger charge is -2.25. The Morgan fingerprint density at radius 1 is 1.43 bits per heavy atom. The van der Waals surface area contributed by atoms with Gasteiger partial charge in [-0.05, 0) is 30.9 Å². The molecule has 1 aromatic carbocycles. The molecule has 7 heteroatoms. The van der Waals surface area contributed by atoms with Crippen LogP contribution in [0, 0.1) is 0 Å². The molecule has 0 saturated heterocycles. The van der Waals surface area contributed by atoms with E-state index in [-0.39, 0.29) is 6.04 Å². The second-order valence-electron chi connectivity index (χ2n) is 5.00. The molecule has 0 radical (unpaired) electrons. The summed E-state index contributed by atoms with van der Waals surface area (Å²) in [6.07, 6.45) is 4.31. The number of nitrogens with zero attached hydrogens (tertiary/aromatic N) is 1. The largest absolute Gasteiger partial charge is 0.399 e. The minimum atomic E-state index is -3.52. The predicted octanol–water partition coefficient (Wildman–Crippen LogP) is 2.51. The first-order valence-electron chi connectivity index (χ1n) is 6.75. The molecular weight excluding hydrogens is 306 g/mol. The van der Waals surface area contributed by atoms with Crippen LogP contribution < -0.4 is 5.73 Å². The van der Waals surface area contributed by atoms with Crippen LogP contribution in [0.2, 0.25) is 0 Å². The average Bonchev–Trinajstić information content (AvgIpc) is 2.87. The van der Waals surface area contributed by atoms with E-state index in [1.165, 1.54) is 4.31 Å². The van der Waals surface area contributed by atoms with Crippen molar-refractivity contribution in [1.29, 1.82) is 0 Å². The van der Waals surface area contributed by atoms with Gasteiger partial charge in [0.25, 0.3) is 0 Å². The molecule has 2 aromatic rings. The molecule has 0 aliphatic heterocycles. The third kappa shape index (κ3) is 3.04. The lowest BCUT2D eigenvalue weighted by atomic mass is 10.2. The monoisotopic (exact) mass is 327 g/mol. The Kier molecular flexibility index (Phi) is 4.85. The van der Waals surface area contributed by atoms with Gasteiger partial charge in [-0.25, -0.2) is 8.42 Å². The maximum Gasteiger partial charge on any atom is 0.245 e. The molecule has 0 aliphatic rings. The van der Waals surface area contributed by atoms with Gasteiger partial charge < -0.3 is 10.7 Å². The normalized spacial score (nSPS) is 13.9. The summed E-state index contributed by atoms with van der Waals surface area (Å²) in [7, 11) is -1.87. The highest BCUT2D eigenvalue weighted by Crippen LogP contribution is 2.28. The van der Waals surface area contributed by atoms with E-state index in [0.717, 1.165) is 17.7 Å². The van der Waals surface area contributed by atoms with Gasteiger partial charge in [0.15, 0.2) is 0 Å². The Morgan fingerprint density at radius 3 is 2.76 bits per heavy atom. The SMILES string of the molecule is CCC(CSC)N(C)S(=O)(=O)c1c[nH]c2cc(N)ccc12. The zero-order chi connectivity index (χ0) is 15.6. The number of anilines is 1. The number of thioether (sulfide) groups is 1. The summed E-state index contributed by atoms with van der Waals surface area (Å²) < 4.78 is 27.1. The predicted molar refractivity (Wildman–Crippen MR) is 90.1 cm³/mol. The number of H-pyrrole nitrogens is 1. The van der Waals surface area contributed by atoms with Crippen LogP contribution in [0.3, 0.4) is 0 Å². The number of nitrogen functional groups attached to an aromatic ring is 1. The minimum Gasteiger partial charge on any atom is -0.399 e. The van der Waals surface area contributed by atoms with Crippen molar-refractivity contribution in [2.24, 2.45) is 0 Å². The van der Waals surface area contributed by atoms with E-state index in [1.54, 1.807) is 43.2 Å². The van der Waals surface area contributed by atoms with E-state index in [1.807, 2.05) is 13.2 Å². The molecule has 1 atom stereocenters. The van der Waals surface area contributed by atoms with Crippen LogP contribution in [0.4, 0.5) is 5.69 Å². The molecule has 0 aliphatic carbocycles. The van der Waals surface area contributed by atoms with E-state index in [2.05, 4.69) is 4.98 Å². The number of hydrogen-bond acceptors (Lipinski definition) is 4. The summed E-state index contributed by atoms with van der Waals surface area (Å²) in [5.74, 6) is 0.779. The number of benzene rings is 1. The summed E-state index contributed by atoms with van der Waals surface area (Å²) >= 11 is 1.65. The topological polar surface area (TPSA) is 79.2 Å². The summed E-state index contributed by atoms with van der Waals surface area (Å²) in [5.41, 5.74) is 7.07. The third-order valence-electron chi connectivity index (χ3n) is 3.67. The molecule has 0 fully saturated rings. The van der Waals surface area contributed by atoms with Crippen LogP contribution in [0.5, 0.6) is 0 Å². The summed E-state index contributed by atoms with van der Waals surface area (Å²) in [4.78, 5) is 3.29. The fourth-order valence-corrected chi connectivity index (χ4v) is 4.88. The van der Waals surface area contributed by atoms with Crippen molar-refractivity contribution < 1.29 is 8.42 Å². The smallest absolute Gasteiger partial charge is 0.245 e. The molecule has 0 saturated carbocycles. The molecule has 0 bridgehead atoms. The van der Waals surface area contributed by atoms with Crippen molar-refractivity contribution in [2.75, 3.05) is 24.8 Å². The van der Waals surface area contributed by atoms with Crippen molar-refractivity contribution in [3.05, 3.63) is 24.4 Å². The molecule has 21 heavy (non-hydrogen) atoms. The summed E-state index contributed by atoms with van der Waals surface area (Å²) in [6.45, 7) is 2.00. The van der Waals surface area contributed by atoms with Crippen LogP contribution in [-0.4, -0.2) is 42.8 Å². The first kappa shape index (κ1) is 16.2. The average molecular weight is 327 g/mol. The molecule has 2 rings (SSSR count). The Labute approximate surface area is 129 Å². The van der Waals surface area contributed by atoms with Crippen molar-refractivity contribution >= 4 is 38.4 Å². The molecule has 116 valence electrons. The number of nitrogens with two attached hydrogens (primary N) is 1. The van der Waals surface area contributed by atoms with Gasteiger partial charge in [-0.15, -0.1) is 0 Å². The molecule has 1 unspecified atom stereocenters. The zero-order valence-electron chi connectivity index (χ0n) is 12.5. The standard InChI is InChI=1S/C14H21N3O2S2/c1-4-11(9-20-3)17(2)21(18,19)14-8-16-13-7-10(15)5-6-12(13)14/h5-8,11,16H,4,9,15H2,1-3H3. The second-order valence-corrected chi connectivity index (χ2v) is 7.87. The lowest BCUT2D eigenvalue weighted by molar-refractivity contribution is 0.386. The molecular formula is C14H21N3O2S2. The van der Waals surface area contributed by atoms with Gasteiger partial charge >= 0.3 is 0 Å². The molecule has 0 spiro atoms. The molecule has 5 nitrogen and oxygen atoms in total. The van der Waals surface area contributed by atoms with Gasteiger partial charge in [0.2, 0.25) is 10.0 Å². The van der Waals surface area contributed by atoms with Gasteiger partial charge in [0.1, 0.15) is 4.90 Å². The van der Waals surface area contributed by atoms with Crippen LogP contribution in [0.25, 0.3) is 10.9 Å². The number of aromatic nitrogens is 1. The van der Waals surface area contributed by atoms with Crippen molar-refractivity contribution in [2.45, 2.75) is 24.3 Å². The van der Waals surface area contributed by atoms with Crippen molar-refractivity contribution in [1.82, 2.24) is 9.29 Å². The second kappa shape index (κ2) is 6.29. The molecule has 1 aromatic heterocycles. The van der Waals surface area contributed by atoms with Gasteiger partial charge in [-0.1, -0.05) is 6.92 Å². The Bertz CT molecular complexity index is 725. The van der Waals surface area contributed by atoms with E-state index < -0.39 is 10.0 Å². The van der Waals surface area contributed by atoms with E-state index >= 15 is 0 Å². The van der Waals surface area contributed by atoms with Gasteiger partial charge in [-0.2, -0.15) is 16.1 Å². The Balaban J connectivity index is 2.46. The van der Waals surface area contributed by atoms with Gasteiger partial charge in [0.05, 0.1) is 0 Å². The molecule has 3 N–H and O–H groups in total. The van der Waals surface area contributed by atoms with Gasteiger partial charge in [-0.3, -0.25) is 0 Å². The fraction of sp³-hybridized carbons (Fsp3) is 0.429. The van der Waals surface area contributed by atoms with E-state index in [4.69, 9.17) is 5.73 Å². The first-order valence-corrected chi connectivity index (χ1v) is 9.58. The number of fused-ring (bicyclic) bond motifs is 1. The number of aromatic amines is 1. The zero-order valence-corrected chi connectivity index (χ0v) is 14.1. The maximum absolute atomic E-state index is 12.8. The molecule has 0 amide bonds. The minimum absolute atomic E-state index is 0.0104. The lowest BCUT2D eigenvalue weighted by Crippen LogP contribution is -2.38. The number of sulfonamides is 1. The highest BCUT2D eigenvalue weighted by atomic mass is 32.2. The van der Waals surface area contributed by atoms with Crippen LogP contribution in [0.1, 0.15) is 13.3 Å². The highest BCUT2D eigenvalue weighted by molar-refractivity contribution is 7.98. The summed E-state index contributed by atoms with van der Waals surface area (Å²) in [5, 5.41) is 0.676. The van der Waals surface area contributed by atoms with Crippen LogP contribution >= 0.6 is 11.8 Å². The number of rotatable bonds is 6. The van der Waals surface area contributed by atoms with Gasteiger partial charge in [0, 0.05) is 41.6 Å². The number of hydrogen-bond donors (Lipinski definition) is 2. The van der Waals surface area contributed by atoms with E-state index in [9.17, 15) is 8.42 Å². The maximum atomic E-state index is 12.8. The number of nitrogens with one attached hydrogen (secondary N) is 1. The van der Waals surface area contributed by atoms with Crippen molar-refractivity contribution in [3.8, 4) is 0 Å². The Morgan fingerprint density at radius 2 is 2.14 bits per heavy atom. The first-order chi connectivity index (χ1) is 9.91. The van der Waals surface area contributed by atoms with Crippen LogP contribution in [-0.2, 0) is 10.0 Å². The fourth-order valence-electron chi connectivity index (χ4n) is 2.35. The molecule has 1 heterocycles. The summed E-state index contributed by atoms with van der Waals surface area (Å²) in [6, 6.07) is 5.20. The quantitative estimate of drug-likeness (QED) is 0.799.